The lowest BCUT2D eigenvalue weighted by molar-refractivity contribution is 0.0993. The molecule has 2 amide bonds. The highest BCUT2D eigenvalue weighted by atomic mass is 16.1. The first-order chi connectivity index (χ1) is 21.2. The third-order valence-electron chi connectivity index (χ3n) is 8.25. The van der Waals surface area contributed by atoms with Crippen LogP contribution in [0.3, 0.4) is 0 Å². The molecule has 0 aromatic carbocycles. The van der Waals surface area contributed by atoms with Crippen molar-refractivity contribution in [2.75, 3.05) is 10.6 Å². The van der Waals surface area contributed by atoms with Crippen LogP contribution >= 0.6 is 0 Å². The Morgan fingerprint density at radius 3 is 1.93 bits per heavy atom. The average Bonchev–Trinajstić information content (AvgIpc) is 3.71. The van der Waals surface area contributed by atoms with E-state index in [2.05, 4.69) is 79.3 Å². The van der Waals surface area contributed by atoms with Gasteiger partial charge in [0, 0.05) is 17.0 Å². The predicted molar refractivity (Wildman–Crippen MR) is 181 cm³/mol. The molecule has 4 heterocycles. The number of aromatic nitrogens is 6. The van der Waals surface area contributed by atoms with Gasteiger partial charge in [-0.1, -0.05) is 72.6 Å². The Morgan fingerprint density at radius 2 is 1.40 bits per heavy atom. The lowest BCUT2D eigenvalue weighted by Crippen LogP contribution is -2.27. The van der Waals surface area contributed by atoms with Gasteiger partial charge in [0.05, 0.1) is 23.8 Å². The number of anilines is 2. The van der Waals surface area contributed by atoms with Crippen LogP contribution in [-0.4, -0.2) is 52.6 Å². The third kappa shape index (κ3) is 8.20. The second-order valence-corrected chi connectivity index (χ2v) is 14.4. The first-order valence-electron chi connectivity index (χ1n) is 16.5. The lowest BCUT2D eigenvalue weighted by Gasteiger charge is -2.26. The van der Waals surface area contributed by atoms with Gasteiger partial charge in [-0.25, -0.2) is 0 Å². The number of primary amides is 2. The van der Waals surface area contributed by atoms with E-state index in [0.717, 1.165) is 35.9 Å². The second kappa shape index (κ2) is 14.0. The van der Waals surface area contributed by atoms with E-state index in [9.17, 15) is 9.59 Å². The van der Waals surface area contributed by atoms with Gasteiger partial charge in [-0.15, -0.1) is 0 Å². The number of amides is 2. The first kappa shape index (κ1) is 33.9. The van der Waals surface area contributed by atoms with Gasteiger partial charge < -0.3 is 32.1 Å². The lowest BCUT2D eigenvalue weighted by atomic mass is 9.91. The molecule has 45 heavy (non-hydrogen) atoms. The van der Waals surface area contributed by atoms with Crippen LogP contribution in [0.15, 0.2) is 12.4 Å². The van der Waals surface area contributed by atoms with Gasteiger partial charge in [0.25, 0.3) is 11.8 Å². The van der Waals surface area contributed by atoms with E-state index in [1.807, 2.05) is 0 Å². The summed E-state index contributed by atoms with van der Waals surface area (Å²) in [5.74, 6) is 0.969. The number of imidazole rings is 2. The molecule has 0 radical (unpaired) electrons. The number of fused-ring (bicyclic) bond motifs is 2. The summed E-state index contributed by atoms with van der Waals surface area (Å²) in [5.41, 5.74) is 15.1. The van der Waals surface area contributed by atoms with Gasteiger partial charge in [-0.05, 0) is 46.5 Å². The van der Waals surface area contributed by atoms with Crippen LogP contribution in [0.4, 0.5) is 11.6 Å². The molecule has 248 valence electrons. The third-order valence-corrected chi connectivity index (χ3v) is 8.25. The van der Waals surface area contributed by atoms with E-state index in [-0.39, 0.29) is 11.0 Å². The van der Waals surface area contributed by atoms with E-state index < -0.39 is 11.8 Å². The van der Waals surface area contributed by atoms with Crippen LogP contribution in [0.5, 0.6) is 0 Å². The normalized spacial score (nSPS) is 14.5. The molecule has 12 heteroatoms. The zero-order valence-electron chi connectivity index (χ0n) is 28.3. The van der Waals surface area contributed by atoms with Crippen LogP contribution in [-0.2, 0) is 11.8 Å². The summed E-state index contributed by atoms with van der Waals surface area (Å²) in [4.78, 5) is 29.8. The Morgan fingerprint density at radius 1 is 0.844 bits per heavy atom. The number of carbonyl (C=O) groups is 2. The summed E-state index contributed by atoms with van der Waals surface area (Å²) in [7, 11) is 0. The van der Waals surface area contributed by atoms with Gasteiger partial charge in [-0.2, -0.15) is 19.2 Å². The van der Waals surface area contributed by atoms with Crippen molar-refractivity contribution < 1.29 is 9.59 Å². The van der Waals surface area contributed by atoms with E-state index in [4.69, 9.17) is 11.5 Å². The summed E-state index contributed by atoms with van der Waals surface area (Å²) < 4.78 is 3.54. The smallest absolute Gasteiger partial charge is 0.254 e. The Labute approximate surface area is 266 Å². The highest BCUT2D eigenvalue weighted by Crippen LogP contribution is 2.33. The van der Waals surface area contributed by atoms with Crippen LogP contribution in [0.2, 0.25) is 0 Å². The summed E-state index contributed by atoms with van der Waals surface area (Å²) in [6.45, 7) is 15.0. The number of nitrogens with zero attached hydrogens (tertiary/aromatic N) is 4. The molecule has 1 aliphatic carbocycles. The Kier molecular flexibility index (Phi) is 10.5. The van der Waals surface area contributed by atoms with Crippen molar-refractivity contribution in [2.24, 2.45) is 11.5 Å². The molecular formula is C33H54N10O2. The number of aromatic amines is 2. The summed E-state index contributed by atoms with van der Waals surface area (Å²) >= 11 is 0. The molecule has 8 N–H and O–H groups in total. The minimum Gasteiger partial charge on any atom is -0.366 e. The maximum Gasteiger partial charge on any atom is 0.254 e. The number of aryl methyl sites for hydroxylation is 1. The molecule has 0 atom stereocenters. The number of nitrogens with two attached hydrogens (primary N) is 2. The monoisotopic (exact) mass is 622 g/mol. The van der Waals surface area contributed by atoms with E-state index >= 15 is 0 Å². The average molecular weight is 623 g/mol. The van der Waals surface area contributed by atoms with Crippen molar-refractivity contribution in [1.82, 2.24) is 29.2 Å². The standard InChI is InChI=1S/C17H29N5O.C16H25N5O/c1-5-6-7-8-9-10-13-16(21-17(2,3)4)22-15(20-13)12(11-19-22)14(18)23;1-16(2,3)12-15(19-10-7-5-4-6-8-10)21-14(20-12)11(9-18-21)13(17)22/h11,20-21H,5-10H2,1-4H3,(H2,18,23);9-10,19-20H,4-8H2,1-3H3,(H2,17,22). The molecule has 4 aromatic heterocycles. The number of carbonyl (C=O) groups excluding carboxylic acids is 2. The molecular weight excluding hydrogens is 568 g/mol. The van der Waals surface area contributed by atoms with Gasteiger partial charge in [-0.3, -0.25) is 9.59 Å². The first-order valence-corrected chi connectivity index (χ1v) is 16.5. The largest absolute Gasteiger partial charge is 0.366 e. The maximum atomic E-state index is 11.6. The van der Waals surface area contributed by atoms with Crippen LogP contribution in [0.25, 0.3) is 11.3 Å². The predicted octanol–water partition coefficient (Wildman–Crippen LogP) is 6.29. The van der Waals surface area contributed by atoms with E-state index in [1.54, 1.807) is 9.03 Å². The zero-order valence-corrected chi connectivity index (χ0v) is 28.3. The van der Waals surface area contributed by atoms with Crippen LogP contribution in [0, 0.1) is 0 Å². The quantitative estimate of drug-likeness (QED) is 0.107. The summed E-state index contributed by atoms with van der Waals surface area (Å²) in [6, 6.07) is 0.468. The second-order valence-electron chi connectivity index (χ2n) is 14.4. The van der Waals surface area contributed by atoms with Crippen molar-refractivity contribution in [2.45, 2.75) is 136 Å². The minimum absolute atomic E-state index is 0.0768. The molecule has 0 bridgehead atoms. The number of hydrogen-bond acceptors (Lipinski definition) is 6. The van der Waals surface area contributed by atoms with Gasteiger partial charge in [0.2, 0.25) is 0 Å². The molecule has 5 rings (SSSR count). The van der Waals surface area contributed by atoms with Gasteiger partial charge in [0.15, 0.2) is 0 Å². The zero-order chi connectivity index (χ0) is 32.9. The SMILES string of the molecule is CC(C)(C)c1[nH]c2c(C(N)=O)cnn2c1NC1CCCCC1.CCCCCCCc1[nH]c2c(C(N)=O)cnn2c1NC(C)(C)C. The fraction of sp³-hybridized carbons (Fsp3) is 0.636. The molecule has 0 aliphatic heterocycles. The van der Waals surface area contributed by atoms with Crippen molar-refractivity contribution in [3.8, 4) is 0 Å². The molecule has 1 aliphatic rings. The Hall–Kier alpha value is -3.96. The van der Waals surface area contributed by atoms with E-state index in [0.29, 0.717) is 28.5 Å². The highest BCUT2D eigenvalue weighted by molar-refractivity contribution is 5.99. The molecule has 0 saturated heterocycles. The Bertz CT molecular complexity index is 1590. The molecule has 1 saturated carbocycles. The molecule has 0 unspecified atom stereocenters. The van der Waals surface area contributed by atoms with Crippen molar-refractivity contribution in [1.29, 1.82) is 0 Å². The number of H-pyrrole nitrogens is 2. The molecule has 4 aromatic rings. The summed E-state index contributed by atoms with van der Waals surface area (Å²) in [5, 5.41) is 15.8. The Balaban J connectivity index is 0.000000205. The van der Waals surface area contributed by atoms with E-state index in [1.165, 1.54) is 70.2 Å². The number of rotatable bonds is 11. The highest BCUT2D eigenvalue weighted by Gasteiger charge is 2.28. The molecule has 12 nitrogen and oxygen atoms in total. The van der Waals surface area contributed by atoms with Crippen molar-refractivity contribution in [3.63, 3.8) is 0 Å². The molecule has 0 spiro atoms. The van der Waals surface area contributed by atoms with Crippen molar-refractivity contribution in [3.05, 3.63) is 34.9 Å². The maximum absolute atomic E-state index is 11.6. The van der Waals surface area contributed by atoms with Crippen molar-refractivity contribution >= 4 is 34.7 Å². The van der Waals surface area contributed by atoms with Gasteiger partial charge in [0.1, 0.15) is 34.1 Å². The van der Waals surface area contributed by atoms with Gasteiger partial charge >= 0.3 is 0 Å². The summed E-state index contributed by atoms with van der Waals surface area (Å²) in [6.07, 6.45) is 16.3. The fourth-order valence-corrected chi connectivity index (χ4v) is 5.94. The number of hydrogen-bond donors (Lipinski definition) is 6. The number of nitrogens with one attached hydrogen (secondary N) is 4. The van der Waals surface area contributed by atoms with Crippen LogP contribution in [0.1, 0.15) is 145 Å². The number of unbranched alkanes of at least 4 members (excludes halogenated alkanes) is 4. The fourth-order valence-electron chi connectivity index (χ4n) is 5.94. The van der Waals surface area contributed by atoms with Crippen LogP contribution < -0.4 is 22.1 Å². The topological polar surface area (TPSA) is 176 Å². The minimum atomic E-state index is -0.460. The molecule has 1 fully saturated rings.